The molecule has 5 heterocycles. The molecule has 0 atom stereocenters. The number of nitrogens with zero attached hydrogens (tertiary/aromatic N) is 2. The highest BCUT2D eigenvalue weighted by Crippen LogP contribution is 2.51. The van der Waals surface area contributed by atoms with Crippen LogP contribution in [0.3, 0.4) is 0 Å². The molecule has 7 heteroatoms. The van der Waals surface area contributed by atoms with Crippen molar-refractivity contribution in [3.63, 3.8) is 0 Å². The zero-order valence-corrected chi connectivity index (χ0v) is 41.6. The van der Waals surface area contributed by atoms with Gasteiger partial charge < -0.3 is 14.3 Å². The van der Waals surface area contributed by atoms with E-state index in [1.165, 1.54) is 95.4 Å². The maximum atomic E-state index is 6.61. The summed E-state index contributed by atoms with van der Waals surface area (Å²) < 4.78 is 14.3. The quantitative estimate of drug-likeness (QED) is 0.179. The number of nitrogens with one attached hydrogen (secondary N) is 1. The van der Waals surface area contributed by atoms with Crippen molar-refractivity contribution in [2.24, 2.45) is 0 Å². The molecule has 0 saturated carbocycles. The summed E-state index contributed by atoms with van der Waals surface area (Å²) >= 11 is 3.81. The monoisotopic (exact) mass is 916 g/mol. The van der Waals surface area contributed by atoms with E-state index in [4.69, 9.17) is 9.40 Å². The molecule has 0 amide bonds. The average molecular weight is 917 g/mol. The van der Waals surface area contributed by atoms with Gasteiger partial charge in [0.05, 0.1) is 11.0 Å². The van der Waals surface area contributed by atoms with Crippen LogP contribution in [0, 0.1) is 0 Å². The lowest BCUT2D eigenvalue weighted by Gasteiger charge is -2.25. The Bertz CT molecular complexity index is 4070. The van der Waals surface area contributed by atoms with Gasteiger partial charge in [0.15, 0.2) is 12.9 Å². The summed E-state index contributed by atoms with van der Waals surface area (Å²) in [6, 6.07) is 52.0. The summed E-state index contributed by atoms with van der Waals surface area (Å²) in [6.07, 6.45) is 0. The number of fused-ring (bicyclic) bond motifs is 13. The van der Waals surface area contributed by atoms with Crippen molar-refractivity contribution in [1.29, 1.82) is 0 Å². The Morgan fingerprint density at radius 1 is 0.574 bits per heavy atom. The maximum absolute atomic E-state index is 6.61. The second-order valence-electron chi connectivity index (χ2n) is 21.9. The van der Waals surface area contributed by atoms with Gasteiger partial charge in [-0.2, -0.15) is 0 Å². The van der Waals surface area contributed by atoms with E-state index in [0.29, 0.717) is 5.89 Å². The van der Waals surface area contributed by atoms with Gasteiger partial charge in [-0.1, -0.05) is 135 Å². The van der Waals surface area contributed by atoms with Crippen LogP contribution in [0.4, 0.5) is 11.4 Å². The van der Waals surface area contributed by atoms with E-state index in [-0.39, 0.29) is 16.2 Å². The first-order chi connectivity index (χ1) is 32.6. The van der Waals surface area contributed by atoms with Gasteiger partial charge in [-0.15, -0.1) is 22.7 Å². The zero-order chi connectivity index (χ0) is 46.6. The third kappa shape index (κ3) is 6.35. The summed E-state index contributed by atoms with van der Waals surface area (Å²) in [7, 11) is 2.45. The molecule has 1 radical (unpaired) electrons. The van der Waals surface area contributed by atoms with Crippen LogP contribution in [0.2, 0.25) is 0 Å². The van der Waals surface area contributed by atoms with Crippen molar-refractivity contribution in [2.75, 3.05) is 5.32 Å². The Morgan fingerprint density at radius 2 is 1.26 bits per heavy atom. The van der Waals surface area contributed by atoms with E-state index >= 15 is 0 Å². The largest absolute Gasteiger partial charge is 0.436 e. The van der Waals surface area contributed by atoms with Crippen molar-refractivity contribution in [3.05, 3.63) is 156 Å². The normalized spacial score (nSPS) is 13.2. The number of benzene rings is 8. The van der Waals surface area contributed by atoms with E-state index in [9.17, 15) is 0 Å². The fraction of sp³-hybridized carbons (Fsp3) is 0.197. The summed E-state index contributed by atoms with van der Waals surface area (Å²) in [5.74, 6) is 0.627. The first-order valence-electron chi connectivity index (χ1n) is 23.8. The molecule has 0 bridgehead atoms. The van der Waals surface area contributed by atoms with Crippen LogP contribution in [-0.4, -0.2) is 16.8 Å². The third-order valence-electron chi connectivity index (χ3n) is 14.3. The molecule has 13 rings (SSSR count). The topological polar surface area (TPSA) is 43.0 Å². The highest BCUT2D eigenvalue weighted by molar-refractivity contribution is 7.27. The van der Waals surface area contributed by atoms with E-state index < -0.39 is 0 Å². The number of oxazole rings is 1. The molecule has 0 fully saturated rings. The Balaban J connectivity index is 1.17. The number of hydrogen-bond donors (Lipinski definition) is 1. The highest BCUT2D eigenvalue weighted by Gasteiger charge is 2.33. The zero-order valence-electron chi connectivity index (χ0n) is 40.0. The van der Waals surface area contributed by atoms with Crippen LogP contribution in [0.15, 0.2) is 144 Å². The minimum atomic E-state index is -0.0350. The number of anilines is 2. The van der Waals surface area contributed by atoms with Gasteiger partial charge in [0.25, 0.3) is 0 Å². The van der Waals surface area contributed by atoms with Crippen molar-refractivity contribution >= 4 is 126 Å². The minimum absolute atomic E-state index is 0.0350. The van der Waals surface area contributed by atoms with Gasteiger partial charge in [-0.25, -0.2) is 4.98 Å². The average Bonchev–Trinajstić information content (AvgIpc) is 4.08. The third-order valence-corrected chi connectivity index (χ3v) is 16.6. The molecule has 68 heavy (non-hydrogen) atoms. The minimum Gasteiger partial charge on any atom is -0.436 e. The maximum Gasteiger partial charge on any atom is 0.227 e. The molecule has 0 aliphatic carbocycles. The lowest BCUT2D eigenvalue weighted by Crippen LogP contribution is -2.37. The SMILES string of the molecule is CC(C)(C)c1ccc(Nc2cc3sc4cc(C(C)(C)C)ccc4c3cc2-c2c3c4c(c5cc(C(C)(C)C)ccc5n4-c4cc5oc(-c6ccccc6)nc5cc4[B]3)c3sc4ccccc4c23)cc1. The summed E-state index contributed by atoms with van der Waals surface area (Å²) in [5, 5.41) is 11.7. The van der Waals surface area contributed by atoms with Gasteiger partial charge in [-0.3, -0.25) is 0 Å². The van der Waals surface area contributed by atoms with Crippen molar-refractivity contribution < 1.29 is 4.42 Å². The molecule has 4 nitrogen and oxygen atoms in total. The second kappa shape index (κ2) is 14.4. The van der Waals surface area contributed by atoms with Crippen LogP contribution >= 0.6 is 22.7 Å². The summed E-state index contributed by atoms with van der Waals surface area (Å²) in [4.78, 5) is 5.11. The molecule has 1 N–H and O–H groups in total. The number of hydrogen-bond acceptors (Lipinski definition) is 5. The Kier molecular flexibility index (Phi) is 8.81. The fourth-order valence-corrected chi connectivity index (χ4v) is 13.0. The van der Waals surface area contributed by atoms with Gasteiger partial charge in [-0.05, 0) is 111 Å². The van der Waals surface area contributed by atoms with E-state index in [2.05, 4.69) is 201 Å². The van der Waals surface area contributed by atoms with Crippen molar-refractivity contribution in [3.8, 4) is 28.3 Å². The first kappa shape index (κ1) is 41.5. The van der Waals surface area contributed by atoms with Crippen molar-refractivity contribution in [2.45, 2.75) is 78.6 Å². The number of thiophene rings is 2. The molecule has 0 unspecified atom stereocenters. The first-order valence-corrected chi connectivity index (χ1v) is 25.4. The molecular weight excluding hydrogens is 866 g/mol. The summed E-state index contributed by atoms with van der Waals surface area (Å²) in [5.41, 5.74) is 17.0. The lowest BCUT2D eigenvalue weighted by atomic mass is 9.58. The molecule has 1 aliphatic heterocycles. The predicted octanol–water partition coefficient (Wildman–Crippen LogP) is 16.6. The van der Waals surface area contributed by atoms with Crippen LogP contribution < -0.4 is 16.2 Å². The van der Waals surface area contributed by atoms with E-state index in [0.717, 1.165) is 39.2 Å². The molecule has 0 spiro atoms. The molecule has 4 aromatic heterocycles. The standard InChI is InChI=1S/C61H51BN3OS2/c1-59(2,3)34-19-23-37(24-20-34)63-44-31-51-40(38-25-21-36(61(7,8)9)28-50(38)67-51)29-41(44)52-53-39-17-13-14-18-49(39)68-57(53)54-42-27-35(60(4,5)6)22-26-46(42)65-47-32-48-45(30-43(47)62-55(52)56(54)65)64-58(66-48)33-15-11-10-12-16-33/h10-32,63H,1-9H3. The van der Waals surface area contributed by atoms with Gasteiger partial charge in [0.2, 0.25) is 5.89 Å². The van der Waals surface area contributed by atoms with Gasteiger partial charge in [0.1, 0.15) is 5.52 Å². The second-order valence-corrected chi connectivity index (χ2v) is 24.1. The number of aromatic nitrogens is 2. The lowest BCUT2D eigenvalue weighted by molar-refractivity contribution is 0.590. The summed E-state index contributed by atoms with van der Waals surface area (Å²) in [6.45, 7) is 20.7. The molecule has 8 aromatic carbocycles. The Hall–Kier alpha value is -6.67. The van der Waals surface area contributed by atoms with Crippen LogP contribution in [0.5, 0.6) is 0 Å². The molecule has 0 saturated heterocycles. The van der Waals surface area contributed by atoms with E-state index in [1.54, 1.807) is 0 Å². The van der Waals surface area contributed by atoms with Crippen LogP contribution in [-0.2, 0) is 16.2 Å². The Labute approximate surface area is 405 Å². The molecule has 331 valence electrons. The smallest absolute Gasteiger partial charge is 0.227 e. The van der Waals surface area contributed by atoms with Crippen LogP contribution in [0.1, 0.15) is 79.0 Å². The highest BCUT2D eigenvalue weighted by atomic mass is 32.1. The predicted molar refractivity (Wildman–Crippen MR) is 296 cm³/mol. The van der Waals surface area contributed by atoms with Gasteiger partial charge >= 0.3 is 0 Å². The molecule has 12 aromatic rings. The molecular formula is C61H51BN3OS2. The Morgan fingerprint density at radius 3 is 2.03 bits per heavy atom. The van der Waals surface area contributed by atoms with Crippen LogP contribution in [0.25, 0.3) is 102 Å². The fourth-order valence-electron chi connectivity index (χ4n) is 10.6. The number of rotatable bonds is 4. The molecule has 1 aliphatic rings. The van der Waals surface area contributed by atoms with Gasteiger partial charge in [0, 0.05) is 85.4 Å². The van der Waals surface area contributed by atoms with E-state index in [1.807, 2.05) is 40.9 Å². The van der Waals surface area contributed by atoms with Crippen molar-refractivity contribution in [1.82, 2.24) is 9.55 Å².